The third-order valence-corrected chi connectivity index (χ3v) is 6.38. The quantitative estimate of drug-likeness (QED) is 0.659. The first-order valence-electron chi connectivity index (χ1n) is 9.90. The van der Waals surface area contributed by atoms with Crippen molar-refractivity contribution in [3.63, 3.8) is 0 Å². The van der Waals surface area contributed by atoms with Crippen molar-refractivity contribution in [1.29, 1.82) is 0 Å². The number of amides is 1. The number of hydrogen-bond donors (Lipinski definition) is 1. The van der Waals surface area contributed by atoms with Gasteiger partial charge in [-0.3, -0.25) is 9.59 Å². The molecule has 0 aromatic heterocycles. The summed E-state index contributed by atoms with van der Waals surface area (Å²) >= 11 is 0. The van der Waals surface area contributed by atoms with Crippen LogP contribution in [0.2, 0.25) is 0 Å². The van der Waals surface area contributed by atoms with Gasteiger partial charge in [-0.25, -0.2) is 0 Å². The smallest absolute Gasteiger partial charge is 0.282 e. The van der Waals surface area contributed by atoms with Crippen molar-refractivity contribution >= 4 is 27.4 Å². The highest BCUT2D eigenvalue weighted by molar-refractivity contribution is 7.90. The summed E-state index contributed by atoms with van der Waals surface area (Å²) in [5.74, 6) is -0.877. The number of nitrogens with one attached hydrogen (secondary N) is 1. The van der Waals surface area contributed by atoms with Crippen molar-refractivity contribution < 1.29 is 18.0 Å². The van der Waals surface area contributed by atoms with Crippen molar-refractivity contribution in [2.45, 2.75) is 18.7 Å². The molecule has 3 aromatic rings. The predicted molar refractivity (Wildman–Crippen MR) is 122 cm³/mol. The first-order chi connectivity index (χ1) is 15.2. The molecule has 0 spiro atoms. The third kappa shape index (κ3) is 4.29. The highest BCUT2D eigenvalue weighted by Gasteiger charge is 2.27. The second-order valence-electron chi connectivity index (χ2n) is 7.52. The fourth-order valence-electron chi connectivity index (χ4n) is 3.29. The number of allylic oxidation sites excluding steroid dienone is 2. The molecule has 32 heavy (non-hydrogen) atoms. The van der Waals surface area contributed by atoms with Gasteiger partial charge in [0.15, 0.2) is 0 Å². The van der Waals surface area contributed by atoms with E-state index in [0.717, 1.165) is 11.1 Å². The Morgan fingerprint density at radius 3 is 2.00 bits per heavy atom. The number of aryl methyl sites for hydroxylation is 2. The first-order valence-corrected chi connectivity index (χ1v) is 11.3. The molecule has 0 atom stereocenters. The van der Waals surface area contributed by atoms with Crippen LogP contribution in [0.3, 0.4) is 0 Å². The lowest BCUT2D eigenvalue weighted by Crippen LogP contribution is -2.31. The van der Waals surface area contributed by atoms with Crippen LogP contribution < -0.4 is 5.32 Å². The van der Waals surface area contributed by atoms with Gasteiger partial charge in [0.25, 0.3) is 15.9 Å². The summed E-state index contributed by atoms with van der Waals surface area (Å²) < 4.78 is 29.8. The number of ketones is 1. The molecule has 1 aliphatic carbocycles. The van der Waals surface area contributed by atoms with Crippen molar-refractivity contribution in [2.24, 2.45) is 4.40 Å². The Morgan fingerprint density at radius 2 is 1.38 bits per heavy atom. The van der Waals surface area contributed by atoms with Crippen molar-refractivity contribution in [2.75, 3.05) is 0 Å². The van der Waals surface area contributed by atoms with Gasteiger partial charge in [-0.1, -0.05) is 59.7 Å². The maximum atomic E-state index is 13.0. The second kappa shape index (κ2) is 8.36. The molecular formula is C25H20N2O4S. The first kappa shape index (κ1) is 21.4. The van der Waals surface area contributed by atoms with Crippen molar-refractivity contribution in [3.05, 3.63) is 112 Å². The summed E-state index contributed by atoms with van der Waals surface area (Å²) in [5.41, 5.74) is 3.01. The van der Waals surface area contributed by atoms with E-state index in [1.165, 1.54) is 18.2 Å². The van der Waals surface area contributed by atoms with Crippen LogP contribution >= 0.6 is 0 Å². The Bertz CT molecular complexity index is 1380. The minimum absolute atomic E-state index is 0.0351. The van der Waals surface area contributed by atoms with E-state index in [0.29, 0.717) is 11.1 Å². The van der Waals surface area contributed by atoms with Crippen LogP contribution in [0.4, 0.5) is 0 Å². The van der Waals surface area contributed by atoms with Gasteiger partial charge in [0, 0.05) is 16.7 Å². The van der Waals surface area contributed by atoms with Gasteiger partial charge < -0.3 is 5.32 Å². The summed E-state index contributed by atoms with van der Waals surface area (Å²) in [6, 6.07) is 19.8. The Balaban J connectivity index is 1.76. The Morgan fingerprint density at radius 1 is 0.812 bits per heavy atom. The van der Waals surface area contributed by atoms with Crippen LogP contribution in [-0.4, -0.2) is 25.8 Å². The molecular weight excluding hydrogens is 424 g/mol. The zero-order chi connectivity index (χ0) is 22.9. The van der Waals surface area contributed by atoms with Crippen LogP contribution in [-0.2, 0) is 10.0 Å². The van der Waals surface area contributed by atoms with E-state index in [1.54, 1.807) is 60.7 Å². The van der Waals surface area contributed by atoms with Gasteiger partial charge in [-0.2, -0.15) is 12.8 Å². The van der Waals surface area contributed by atoms with Crippen molar-refractivity contribution in [1.82, 2.24) is 5.32 Å². The predicted octanol–water partition coefficient (Wildman–Crippen LogP) is 3.99. The zero-order valence-corrected chi connectivity index (χ0v) is 18.3. The molecule has 1 N–H and O–H groups in total. The summed E-state index contributed by atoms with van der Waals surface area (Å²) in [6.45, 7) is 3.76. The maximum Gasteiger partial charge on any atom is 0.282 e. The molecule has 0 unspecified atom stereocenters. The zero-order valence-electron chi connectivity index (χ0n) is 17.5. The normalized spacial score (nSPS) is 14.6. The minimum Gasteiger partial charge on any atom is -0.319 e. The van der Waals surface area contributed by atoms with E-state index >= 15 is 0 Å². The van der Waals surface area contributed by atoms with Crippen LogP contribution in [0, 0.1) is 13.8 Å². The fraction of sp³-hybridized carbons (Fsp3) is 0.0800. The molecule has 4 rings (SSSR count). The van der Waals surface area contributed by atoms with Gasteiger partial charge in [0.1, 0.15) is 0 Å². The summed E-state index contributed by atoms with van der Waals surface area (Å²) in [6.07, 6.45) is 1.31. The SMILES string of the molecule is Cc1ccc(C(=O)NC2=C/C(=N/S(=O)(=O)c3ccc(C)cc3)c3ccccc3C2=O)cc1. The summed E-state index contributed by atoms with van der Waals surface area (Å²) in [7, 11) is -4.03. The van der Waals surface area contributed by atoms with E-state index in [4.69, 9.17) is 0 Å². The van der Waals surface area contributed by atoms with Crippen LogP contribution in [0.1, 0.15) is 37.4 Å². The molecule has 0 heterocycles. The van der Waals surface area contributed by atoms with E-state index < -0.39 is 21.7 Å². The molecule has 6 nitrogen and oxygen atoms in total. The fourth-order valence-corrected chi connectivity index (χ4v) is 4.29. The van der Waals surface area contributed by atoms with E-state index in [1.807, 2.05) is 13.8 Å². The summed E-state index contributed by atoms with van der Waals surface area (Å²) in [5, 5.41) is 2.61. The number of sulfonamides is 1. The number of carbonyl (C=O) groups is 2. The molecule has 0 fully saturated rings. The average Bonchev–Trinajstić information content (AvgIpc) is 2.77. The Hall–Kier alpha value is -3.84. The largest absolute Gasteiger partial charge is 0.319 e. The van der Waals surface area contributed by atoms with Gasteiger partial charge in [-0.05, 0) is 44.2 Å². The number of rotatable bonds is 4. The molecule has 0 saturated carbocycles. The minimum atomic E-state index is -4.03. The lowest BCUT2D eigenvalue weighted by atomic mass is 9.92. The highest BCUT2D eigenvalue weighted by atomic mass is 32.2. The summed E-state index contributed by atoms with van der Waals surface area (Å²) in [4.78, 5) is 25.7. The lowest BCUT2D eigenvalue weighted by Gasteiger charge is -2.18. The van der Waals surface area contributed by atoms with E-state index in [9.17, 15) is 18.0 Å². The number of benzene rings is 3. The van der Waals surface area contributed by atoms with E-state index in [-0.39, 0.29) is 21.9 Å². The van der Waals surface area contributed by atoms with Crippen LogP contribution in [0.5, 0.6) is 0 Å². The number of nitrogens with zero attached hydrogens (tertiary/aromatic N) is 1. The molecule has 0 saturated heterocycles. The topological polar surface area (TPSA) is 92.7 Å². The molecule has 160 valence electrons. The Labute approximate surface area is 186 Å². The molecule has 1 aliphatic rings. The molecule has 0 aliphatic heterocycles. The molecule has 0 bridgehead atoms. The highest BCUT2D eigenvalue weighted by Crippen LogP contribution is 2.23. The third-order valence-electron chi connectivity index (χ3n) is 5.07. The van der Waals surface area contributed by atoms with Crippen molar-refractivity contribution in [3.8, 4) is 0 Å². The number of Topliss-reactive ketones (excluding diaryl/α,β-unsaturated/α-hetero) is 1. The number of carbonyl (C=O) groups excluding carboxylic acids is 2. The maximum absolute atomic E-state index is 13.0. The molecule has 7 heteroatoms. The Kier molecular flexibility index (Phi) is 5.59. The average molecular weight is 445 g/mol. The number of hydrogen-bond acceptors (Lipinski definition) is 4. The van der Waals surface area contributed by atoms with Gasteiger partial charge in [0.2, 0.25) is 5.78 Å². The van der Waals surface area contributed by atoms with Gasteiger partial charge >= 0.3 is 0 Å². The standard InChI is InChI=1S/C25H20N2O4S/c1-16-7-11-18(12-8-16)25(29)26-23-15-22(20-5-3-4-6-21(20)24(23)28)27-32(30,31)19-13-9-17(2)10-14-19/h3-15H,1-2H3,(H,26,29)/b27-22-. The van der Waals surface area contributed by atoms with E-state index in [2.05, 4.69) is 9.71 Å². The van der Waals surface area contributed by atoms with Gasteiger partial charge in [-0.15, -0.1) is 0 Å². The molecule has 3 aromatic carbocycles. The second-order valence-corrected chi connectivity index (χ2v) is 9.12. The molecule has 0 radical (unpaired) electrons. The van der Waals surface area contributed by atoms with Crippen LogP contribution in [0.15, 0.2) is 93.9 Å². The lowest BCUT2D eigenvalue weighted by molar-refractivity contribution is 0.0932. The molecule has 1 amide bonds. The number of fused-ring (bicyclic) bond motifs is 1. The monoisotopic (exact) mass is 444 g/mol. The van der Waals surface area contributed by atoms with Gasteiger partial charge in [0.05, 0.1) is 16.3 Å². The van der Waals surface area contributed by atoms with Crippen LogP contribution in [0.25, 0.3) is 0 Å².